The SMILES string of the molecule is CC/C=C/C/C=C/C/C=C/C/C=C/C/C=C/C/C=C/CCCCCC(=O)OC(COCCC(C(=O)O)[N+](C)(C)C)COC(=O)CCCCCCCCC/C=C/CCCCCCCCCC. The molecule has 1 N–H and O–H groups in total. The lowest BCUT2D eigenvalue weighted by molar-refractivity contribution is -0.887. The summed E-state index contributed by atoms with van der Waals surface area (Å²) in [6.07, 6.45) is 62.0. The zero-order valence-corrected chi connectivity index (χ0v) is 42.4. The zero-order valence-electron chi connectivity index (χ0n) is 42.4. The molecule has 372 valence electrons. The second-order valence-corrected chi connectivity index (χ2v) is 18.4. The summed E-state index contributed by atoms with van der Waals surface area (Å²) in [5.41, 5.74) is 0. The van der Waals surface area contributed by atoms with E-state index in [0.29, 0.717) is 12.8 Å². The number of hydrogen-bond donors (Lipinski definition) is 1. The number of hydrogen-bond acceptors (Lipinski definition) is 6. The van der Waals surface area contributed by atoms with Gasteiger partial charge >= 0.3 is 17.9 Å². The molecule has 2 atom stereocenters. The van der Waals surface area contributed by atoms with Crippen LogP contribution in [-0.2, 0) is 28.6 Å². The first-order valence-corrected chi connectivity index (χ1v) is 26.1. The van der Waals surface area contributed by atoms with E-state index in [2.05, 4.69) is 98.9 Å². The number of rotatable bonds is 46. The summed E-state index contributed by atoms with van der Waals surface area (Å²) in [5.74, 6) is -1.52. The van der Waals surface area contributed by atoms with Crippen LogP contribution >= 0.6 is 0 Å². The van der Waals surface area contributed by atoms with E-state index in [1.54, 1.807) is 0 Å². The van der Waals surface area contributed by atoms with Crippen LogP contribution in [0.3, 0.4) is 0 Å². The number of unbranched alkanes of at least 4 members (excludes halogenated alkanes) is 18. The van der Waals surface area contributed by atoms with Gasteiger partial charge in [0.25, 0.3) is 0 Å². The van der Waals surface area contributed by atoms with Crippen molar-refractivity contribution >= 4 is 17.9 Å². The molecule has 0 amide bonds. The van der Waals surface area contributed by atoms with Gasteiger partial charge in [-0.3, -0.25) is 9.59 Å². The highest BCUT2D eigenvalue weighted by Crippen LogP contribution is 2.14. The number of likely N-dealkylation sites (N-methyl/N-ethyl adjacent to an activating group) is 1. The Kier molecular flexibility index (Phi) is 44.5. The van der Waals surface area contributed by atoms with Crippen LogP contribution in [0.25, 0.3) is 0 Å². The van der Waals surface area contributed by atoms with Crippen LogP contribution < -0.4 is 0 Å². The van der Waals surface area contributed by atoms with Gasteiger partial charge in [0.05, 0.1) is 34.4 Å². The molecule has 8 nitrogen and oxygen atoms in total. The largest absolute Gasteiger partial charge is 0.477 e. The molecule has 0 saturated heterocycles. The van der Waals surface area contributed by atoms with Crippen LogP contribution in [-0.4, -0.2) is 80.6 Å². The fourth-order valence-corrected chi connectivity index (χ4v) is 7.27. The number of allylic oxidation sites excluding steroid dienone is 14. The molecule has 0 aliphatic heterocycles. The van der Waals surface area contributed by atoms with Gasteiger partial charge in [-0.25, -0.2) is 4.79 Å². The molecule has 0 bridgehead atoms. The molecule has 2 unspecified atom stereocenters. The maximum Gasteiger partial charge on any atom is 0.362 e. The first-order valence-electron chi connectivity index (χ1n) is 26.1. The maximum atomic E-state index is 12.8. The number of carbonyl (C=O) groups excluding carboxylic acids is 2. The first-order chi connectivity index (χ1) is 31.6. The van der Waals surface area contributed by atoms with Crippen molar-refractivity contribution in [2.75, 3.05) is 41.0 Å². The van der Waals surface area contributed by atoms with Crippen LogP contribution in [0.2, 0.25) is 0 Å². The Hall–Kier alpha value is -3.49. The van der Waals surface area contributed by atoms with Gasteiger partial charge in [0.2, 0.25) is 0 Å². The van der Waals surface area contributed by atoms with Crippen molar-refractivity contribution in [3.63, 3.8) is 0 Å². The van der Waals surface area contributed by atoms with Gasteiger partial charge < -0.3 is 23.8 Å². The number of carbonyl (C=O) groups is 3. The average molecular weight is 909 g/mol. The fraction of sp³-hybridized carbons (Fsp3) is 0.702. The highest BCUT2D eigenvalue weighted by atomic mass is 16.6. The van der Waals surface area contributed by atoms with Crippen molar-refractivity contribution in [1.82, 2.24) is 0 Å². The molecule has 0 heterocycles. The second kappa shape index (κ2) is 47.0. The van der Waals surface area contributed by atoms with E-state index in [0.717, 1.165) is 83.5 Å². The van der Waals surface area contributed by atoms with E-state index >= 15 is 0 Å². The van der Waals surface area contributed by atoms with Gasteiger partial charge in [0, 0.05) is 19.3 Å². The number of quaternary nitrogens is 1. The lowest BCUT2D eigenvalue weighted by Gasteiger charge is -2.31. The molecule has 0 aliphatic rings. The highest BCUT2D eigenvalue weighted by Gasteiger charge is 2.31. The lowest BCUT2D eigenvalue weighted by atomic mass is 10.1. The minimum Gasteiger partial charge on any atom is -0.477 e. The molecule has 0 rings (SSSR count). The maximum absolute atomic E-state index is 12.8. The lowest BCUT2D eigenvalue weighted by Crippen LogP contribution is -2.50. The summed E-state index contributed by atoms with van der Waals surface area (Å²) in [4.78, 5) is 37.2. The molecule has 0 aromatic heterocycles. The minimum absolute atomic E-state index is 0.0419. The Bertz CT molecular complexity index is 1330. The molecule has 8 heteroatoms. The molecule has 0 saturated carbocycles. The topological polar surface area (TPSA) is 99.1 Å². The van der Waals surface area contributed by atoms with Gasteiger partial charge in [0.15, 0.2) is 12.1 Å². The normalized spacial score (nSPS) is 13.6. The number of esters is 2. The second-order valence-electron chi connectivity index (χ2n) is 18.4. The number of aliphatic carboxylic acids is 1. The van der Waals surface area contributed by atoms with E-state index in [9.17, 15) is 19.5 Å². The Morgan fingerprint density at radius 3 is 1.31 bits per heavy atom. The Morgan fingerprint density at radius 2 is 0.862 bits per heavy atom. The standard InChI is InChI=1S/C57H97NO7/c1-6-8-10-12-14-16-18-20-22-24-26-27-28-30-32-34-36-38-40-42-44-46-48-56(60)65-53(51-63-50-49-54(57(61)62)58(3,4)5)52-64-55(59)47-45-43-41-39-37-35-33-31-29-25-23-21-19-17-15-13-11-9-7-2/h8,10,14,16,20,22,25-27,29-30,32,36,38,53-54H,6-7,9,11-13,15,17-19,21,23-24,28,31,33-35,37,39-52H2,1-5H3/p+1/b10-8+,16-14+,22-20+,27-26+,29-25+,32-30+,38-36+. The van der Waals surface area contributed by atoms with Gasteiger partial charge in [-0.05, 0) is 89.9 Å². The van der Waals surface area contributed by atoms with Crippen molar-refractivity contribution in [3.05, 3.63) is 85.1 Å². The van der Waals surface area contributed by atoms with Gasteiger partial charge in [0.1, 0.15) is 6.61 Å². The number of ether oxygens (including phenoxy) is 3. The van der Waals surface area contributed by atoms with E-state index in [1.165, 1.54) is 89.9 Å². The van der Waals surface area contributed by atoms with E-state index < -0.39 is 18.1 Å². The van der Waals surface area contributed by atoms with Gasteiger partial charge in [-0.2, -0.15) is 0 Å². The van der Waals surface area contributed by atoms with Crippen molar-refractivity contribution in [2.45, 2.75) is 219 Å². The molecule has 0 fully saturated rings. The predicted molar refractivity (Wildman–Crippen MR) is 275 cm³/mol. The van der Waals surface area contributed by atoms with Crippen molar-refractivity contribution in [2.24, 2.45) is 0 Å². The molecular formula is C57H98NO7+. The molecule has 0 radical (unpaired) electrons. The summed E-state index contributed by atoms with van der Waals surface area (Å²) in [6.45, 7) is 4.59. The van der Waals surface area contributed by atoms with E-state index in [4.69, 9.17) is 14.2 Å². The monoisotopic (exact) mass is 909 g/mol. The number of carboxylic acid groups (broad SMARTS) is 1. The molecule has 0 aromatic rings. The minimum atomic E-state index is -0.883. The smallest absolute Gasteiger partial charge is 0.362 e. The van der Waals surface area contributed by atoms with Crippen LogP contribution in [0.4, 0.5) is 0 Å². The predicted octanol–water partition coefficient (Wildman–Crippen LogP) is 15.3. The van der Waals surface area contributed by atoms with Gasteiger partial charge in [-0.1, -0.05) is 182 Å². The van der Waals surface area contributed by atoms with Crippen LogP contribution in [0.5, 0.6) is 0 Å². The fourth-order valence-electron chi connectivity index (χ4n) is 7.27. The van der Waals surface area contributed by atoms with Crippen LogP contribution in [0, 0.1) is 0 Å². The molecule has 0 aliphatic carbocycles. The quantitative estimate of drug-likeness (QED) is 0.0281. The van der Waals surface area contributed by atoms with Crippen molar-refractivity contribution in [1.29, 1.82) is 0 Å². The summed E-state index contributed by atoms with van der Waals surface area (Å²) >= 11 is 0. The molecule has 65 heavy (non-hydrogen) atoms. The summed E-state index contributed by atoms with van der Waals surface area (Å²) in [7, 11) is 5.52. The van der Waals surface area contributed by atoms with E-state index in [1.807, 2.05) is 21.1 Å². The molecule has 0 aromatic carbocycles. The van der Waals surface area contributed by atoms with E-state index in [-0.39, 0.29) is 42.7 Å². The van der Waals surface area contributed by atoms with Gasteiger partial charge in [-0.15, -0.1) is 0 Å². The summed E-state index contributed by atoms with van der Waals surface area (Å²) in [5, 5.41) is 9.66. The third kappa shape index (κ3) is 45.5. The number of carboxylic acids is 1. The average Bonchev–Trinajstić information content (AvgIpc) is 3.27. The molecule has 0 spiro atoms. The van der Waals surface area contributed by atoms with Crippen molar-refractivity contribution < 1.29 is 38.2 Å². The number of nitrogens with zero attached hydrogens (tertiary/aromatic N) is 1. The molecular weight excluding hydrogens is 811 g/mol. The van der Waals surface area contributed by atoms with Crippen LogP contribution in [0.15, 0.2) is 85.1 Å². The Balaban J connectivity index is 4.34. The van der Waals surface area contributed by atoms with Crippen LogP contribution in [0.1, 0.15) is 206 Å². The third-order valence-corrected chi connectivity index (χ3v) is 11.3. The zero-order chi connectivity index (χ0) is 47.7. The van der Waals surface area contributed by atoms with Crippen molar-refractivity contribution in [3.8, 4) is 0 Å². The Morgan fingerprint density at radius 1 is 0.477 bits per heavy atom. The first kappa shape index (κ1) is 61.5. The highest BCUT2D eigenvalue weighted by molar-refractivity contribution is 5.72. The Labute approximate surface area is 399 Å². The third-order valence-electron chi connectivity index (χ3n) is 11.3. The summed E-state index contributed by atoms with van der Waals surface area (Å²) < 4.78 is 17.3. The summed E-state index contributed by atoms with van der Waals surface area (Å²) in [6, 6.07) is -0.627.